The quantitative estimate of drug-likeness (QED) is 0.658. The number of benzene rings is 2. The first-order valence-electron chi connectivity index (χ1n) is 10.0. The van der Waals surface area contributed by atoms with Gasteiger partial charge in [0.25, 0.3) is 5.91 Å². The van der Waals surface area contributed by atoms with Crippen LogP contribution < -0.4 is 9.62 Å². The van der Waals surface area contributed by atoms with Gasteiger partial charge in [0.15, 0.2) is 0 Å². The molecule has 1 aliphatic carbocycles. The van der Waals surface area contributed by atoms with Crippen molar-refractivity contribution in [2.45, 2.75) is 38.6 Å². The standard InChI is InChI=1S/C22H26ClFN2O3S/c1-30(28,29)26(19-11-12-21(24)20(23)13-19)15-17-7-9-18(10-8-17)22(27)25-14-16-5-3-2-4-6-16/h7-13,16H,2-6,14-15H2,1H3,(H,25,27). The van der Waals surface area contributed by atoms with Gasteiger partial charge in [-0.3, -0.25) is 9.10 Å². The van der Waals surface area contributed by atoms with Gasteiger partial charge in [-0.2, -0.15) is 0 Å². The van der Waals surface area contributed by atoms with Gasteiger partial charge in [-0.05, 0) is 54.7 Å². The van der Waals surface area contributed by atoms with E-state index in [-0.39, 0.29) is 23.2 Å². The van der Waals surface area contributed by atoms with E-state index in [1.807, 2.05) is 0 Å². The van der Waals surface area contributed by atoms with Gasteiger partial charge in [-0.25, -0.2) is 12.8 Å². The molecule has 0 aromatic heterocycles. The average molecular weight is 453 g/mol. The number of rotatable bonds is 7. The molecule has 1 aliphatic rings. The lowest BCUT2D eigenvalue weighted by atomic mass is 9.89. The largest absolute Gasteiger partial charge is 0.352 e. The monoisotopic (exact) mass is 452 g/mol. The van der Waals surface area contributed by atoms with E-state index in [9.17, 15) is 17.6 Å². The normalized spacial score (nSPS) is 15.0. The molecule has 0 aliphatic heterocycles. The molecule has 1 saturated carbocycles. The van der Waals surface area contributed by atoms with Crippen molar-refractivity contribution in [3.63, 3.8) is 0 Å². The van der Waals surface area contributed by atoms with Crippen molar-refractivity contribution >= 4 is 33.2 Å². The predicted molar refractivity (Wildman–Crippen MR) is 118 cm³/mol. The van der Waals surface area contributed by atoms with Crippen LogP contribution in [-0.4, -0.2) is 27.1 Å². The first kappa shape index (κ1) is 22.6. The van der Waals surface area contributed by atoms with Crippen LogP contribution in [0.4, 0.5) is 10.1 Å². The molecule has 0 radical (unpaired) electrons. The molecule has 0 heterocycles. The molecular weight excluding hydrogens is 427 g/mol. The molecule has 5 nitrogen and oxygen atoms in total. The molecule has 0 spiro atoms. The minimum Gasteiger partial charge on any atom is -0.352 e. The number of anilines is 1. The molecule has 0 saturated heterocycles. The van der Waals surface area contributed by atoms with Crippen molar-refractivity contribution in [3.8, 4) is 0 Å². The molecule has 2 aromatic rings. The molecule has 162 valence electrons. The summed E-state index contributed by atoms with van der Waals surface area (Å²) in [5.74, 6) is -0.192. The van der Waals surface area contributed by atoms with Crippen LogP contribution in [0.25, 0.3) is 0 Å². The predicted octanol–water partition coefficient (Wildman–Crippen LogP) is 4.76. The minimum atomic E-state index is -3.62. The van der Waals surface area contributed by atoms with E-state index in [0.717, 1.165) is 29.5 Å². The molecule has 3 rings (SSSR count). The van der Waals surface area contributed by atoms with Crippen molar-refractivity contribution < 1.29 is 17.6 Å². The second-order valence-corrected chi connectivity index (χ2v) is 10.1. The highest BCUT2D eigenvalue weighted by molar-refractivity contribution is 7.92. The molecule has 0 bridgehead atoms. The van der Waals surface area contributed by atoms with E-state index < -0.39 is 15.8 Å². The molecule has 1 amide bonds. The molecule has 1 fully saturated rings. The first-order valence-corrected chi connectivity index (χ1v) is 12.3. The Morgan fingerprint density at radius 2 is 1.80 bits per heavy atom. The van der Waals surface area contributed by atoms with Crippen molar-refractivity contribution in [2.24, 2.45) is 5.92 Å². The number of carbonyl (C=O) groups is 1. The van der Waals surface area contributed by atoms with Gasteiger partial charge in [-0.15, -0.1) is 0 Å². The fourth-order valence-corrected chi connectivity index (χ4v) is 4.75. The van der Waals surface area contributed by atoms with Crippen LogP contribution in [0.5, 0.6) is 0 Å². The van der Waals surface area contributed by atoms with E-state index in [0.29, 0.717) is 23.6 Å². The van der Waals surface area contributed by atoms with Gasteiger partial charge in [-0.1, -0.05) is 43.0 Å². The molecular formula is C22H26ClFN2O3S. The average Bonchev–Trinajstić information content (AvgIpc) is 2.73. The van der Waals surface area contributed by atoms with Gasteiger partial charge in [0.05, 0.1) is 23.5 Å². The number of nitrogens with zero attached hydrogens (tertiary/aromatic N) is 1. The summed E-state index contributed by atoms with van der Waals surface area (Å²) in [6.07, 6.45) is 7.14. The van der Waals surface area contributed by atoms with Crippen LogP contribution in [-0.2, 0) is 16.6 Å². The Bertz CT molecular complexity index is 990. The SMILES string of the molecule is CS(=O)(=O)N(Cc1ccc(C(=O)NCC2CCCCC2)cc1)c1ccc(F)c(Cl)c1. The Hall–Kier alpha value is -2.12. The fourth-order valence-electron chi connectivity index (χ4n) is 3.70. The lowest BCUT2D eigenvalue weighted by molar-refractivity contribution is 0.0943. The maximum atomic E-state index is 13.4. The molecule has 2 aromatic carbocycles. The van der Waals surface area contributed by atoms with Crippen molar-refractivity contribution in [2.75, 3.05) is 17.1 Å². The van der Waals surface area contributed by atoms with Gasteiger partial charge in [0.1, 0.15) is 5.82 Å². The van der Waals surface area contributed by atoms with E-state index >= 15 is 0 Å². The van der Waals surface area contributed by atoms with Crippen LogP contribution in [0, 0.1) is 11.7 Å². The van der Waals surface area contributed by atoms with Crippen LogP contribution in [0.2, 0.25) is 5.02 Å². The Kier molecular flexibility index (Phi) is 7.36. The second kappa shape index (κ2) is 9.79. The number of amides is 1. The van der Waals surface area contributed by atoms with E-state index in [2.05, 4.69) is 5.32 Å². The highest BCUT2D eigenvalue weighted by Crippen LogP contribution is 2.26. The Labute approximate surface area is 182 Å². The van der Waals surface area contributed by atoms with Crippen LogP contribution >= 0.6 is 11.6 Å². The number of carbonyl (C=O) groups excluding carboxylic acids is 1. The number of sulfonamides is 1. The van der Waals surface area contributed by atoms with E-state index in [1.54, 1.807) is 24.3 Å². The summed E-state index contributed by atoms with van der Waals surface area (Å²) in [7, 11) is -3.62. The fraction of sp³-hybridized carbons (Fsp3) is 0.409. The molecule has 30 heavy (non-hydrogen) atoms. The highest BCUT2D eigenvalue weighted by Gasteiger charge is 2.20. The van der Waals surface area contributed by atoms with Gasteiger partial charge in [0.2, 0.25) is 10.0 Å². The summed E-state index contributed by atoms with van der Waals surface area (Å²) < 4.78 is 39.1. The summed E-state index contributed by atoms with van der Waals surface area (Å²) in [4.78, 5) is 12.4. The van der Waals surface area contributed by atoms with Gasteiger partial charge < -0.3 is 5.32 Å². The second-order valence-electron chi connectivity index (χ2n) is 7.78. The summed E-state index contributed by atoms with van der Waals surface area (Å²) in [6, 6.07) is 10.6. The summed E-state index contributed by atoms with van der Waals surface area (Å²) in [5, 5.41) is 2.85. The summed E-state index contributed by atoms with van der Waals surface area (Å²) >= 11 is 5.81. The van der Waals surface area contributed by atoms with E-state index in [1.165, 1.54) is 31.4 Å². The van der Waals surface area contributed by atoms with Gasteiger partial charge in [0, 0.05) is 12.1 Å². The number of halogens is 2. The Morgan fingerprint density at radius 1 is 1.13 bits per heavy atom. The smallest absolute Gasteiger partial charge is 0.251 e. The number of hydrogen-bond donors (Lipinski definition) is 1. The minimum absolute atomic E-state index is 0.0464. The number of hydrogen-bond acceptors (Lipinski definition) is 3. The molecule has 1 N–H and O–H groups in total. The maximum absolute atomic E-state index is 13.4. The van der Waals surface area contributed by atoms with Crippen LogP contribution in [0.15, 0.2) is 42.5 Å². The van der Waals surface area contributed by atoms with Crippen molar-refractivity contribution in [3.05, 3.63) is 64.4 Å². The first-order chi connectivity index (χ1) is 14.2. The van der Waals surface area contributed by atoms with Crippen LogP contribution in [0.3, 0.4) is 0 Å². The molecule has 0 atom stereocenters. The lowest BCUT2D eigenvalue weighted by Gasteiger charge is -2.23. The maximum Gasteiger partial charge on any atom is 0.251 e. The van der Waals surface area contributed by atoms with Crippen molar-refractivity contribution in [1.82, 2.24) is 5.32 Å². The van der Waals surface area contributed by atoms with Crippen LogP contribution in [0.1, 0.15) is 48.0 Å². The third-order valence-electron chi connectivity index (χ3n) is 5.41. The molecule has 0 unspecified atom stereocenters. The lowest BCUT2D eigenvalue weighted by Crippen LogP contribution is -2.30. The zero-order valence-corrected chi connectivity index (χ0v) is 18.5. The summed E-state index contributed by atoms with van der Waals surface area (Å²) in [6.45, 7) is 0.735. The number of nitrogens with one attached hydrogen (secondary N) is 1. The third-order valence-corrected chi connectivity index (χ3v) is 6.84. The Balaban J connectivity index is 1.67. The third kappa shape index (κ3) is 5.95. The van der Waals surface area contributed by atoms with Gasteiger partial charge >= 0.3 is 0 Å². The van der Waals surface area contributed by atoms with Crippen molar-refractivity contribution in [1.29, 1.82) is 0 Å². The van der Waals surface area contributed by atoms with E-state index in [4.69, 9.17) is 11.6 Å². The highest BCUT2D eigenvalue weighted by atomic mass is 35.5. The summed E-state index contributed by atoms with van der Waals surface area (Å²) in [5.41, 5.74) is 1.51. The topological polar surface area (TPSA) is 66.5 Å². The Morgan fingerprint density at radius 3 is 2.40 bits per heavy atom. The zero-order valence-electron chi connectivity index (χ0n) is 16.9. The zero-order chi connectivity index (χ0) is 21.7. The molecule has 8 heteroatoms.